The van der Waals surface area contributed by atoms with Crippen LogP contribution in [0.1, 0.15) is 35.2 Å². The number of allylic oxidation sites excluding steroid dienone is 2. The number of phenolic OH excluding ortho intramolecular Hbond substituents is 1. The van der Waals surface area contributed by atoms with Crippen molar-refractivity contribution in [3.63, 3.8) is 0 Å². The fourth-order valence-corrected chi connectivity index (χ4v) is 10.6. The third-order valence-corrected chi connectivity index (χ3v) is 14.9. The summed E-state index contributed by atoms with van der Waals surface area (Å²) in [4.78, 5) is 77.8. The number of carbonyl (C=O) groups is 2. The van der Waals surface area contributed by atoms with Crippen molar-refractivity contribution in [2.75, 3.05) is 26.8 Å². The number of amides is 2. The number of ether oxygens (including phenoxy) is 3. The zero-order valence-electron chi connectivity index (χ0n) is 34.4. The number of aromatic nitrogens is 5. The van der Waals surface area contributed by atoms with Gasteiger partial charge < -0.3 is 23.9 Å². The van der Waals surface area contributed by atoms with Gasteiger partial charge in [0.1, 0.15) is 11.5 Å². The van der Waals surface area contributed by atoms with E-state index in [9.17, 15) is 23.9 Å². The third-order valence-electron chi connectivity index (χ3n) is 12.5. The molecule has 4 atom stereocenters. The molecule has 2 N–H and O–H groups in total. The van der Waals surface area contributed by atoms with Gasteiger partial charge in [0.15, 0.2) is 23.0 Å². The van der Waals surface area contributed by atoms with Crippen LogP contribution in [0.3, 0.4) is 0 Å². The van der Waals surface area contributed by atoms with Gasteiger partial charge in [0.05, 0.1) is 66.4 Å². The van der Waals surface area contributed by atoms with Crippen molar-refractivity contribution in [3.8, 4) is 23.0 Å². The zero-order valence-corrected chi connectivity index (χ0v) is 38.3. The summed E-state index contributed by atoms with van der Waals surface area (Å²) in [6.45, 7) is -0.314. The van der Waals surface area contributed by atoms with E-state index < -0.39 is 57.9 Å². The van der Waals surface area contributed by atoms with E-state index in [1.165, 1.54) is 59.5 Å². The summed E-state index contributed by atoms with van der Waals surface area (Å²) >= 11 is 13.6. The number of nitrogens with zero attached hydrogens (tertiary/aromatic N) is 6. The van der Waals surface area contributed by atoms with Gasteiger partial charge in [0.2, 0.25) is 0 Å². The highest BCUT2D eigenvalue weighted by Gasteiger charge is 2.69. The number of rotatable bonds is 10. The monoisotopic (exact) mass is 1020 g/mol. The summed E-state index contributed by atoms with van der Waals surface area (Å²) in [7, 11) is 5.92. The SMILES string of the molecule is COc1cc2nc(CCn3c(=O)n4n(c3=O)[C@@H]3C[C@H]5C(=O)N(Nc6ccc(F)cc6)C(=O)[C@@]5(c5ccc(Cl)cc5)[C@@H](c5cc(OC)c(O)c(Br)c5Br)C3=CC4)c(=O)n(C)c2cc1OC. The van der Waals surface area contributed by atoms with Gasteiger partial charge in [-0.2, -0.15) is 5.01 Å². The van der Waals surface area contributed by atoms with E-state index in [0.717, 1.165) is 9.58 Å². The van der Waals surface area contributed by atoms with Crippen LogP contribution in [-0.2, 0) is 41.6 Å². The maximum absolute atomic E-state index is 15.5. The number of hydrogen-bond donors (Lipinski definition) is 2. The molecule has 1 saturated heterocycles. The minimum Gasteiger partial charge on any atom is -0.503 e. The molecule has 6 aromatic rings. The maximum Gasteiger partial charge on any atom is 0.347 e. The highest BCUT2D eigenvalue weighted by molar-refractivity contribution is 9.13. The van der Waals surface area contributed by atoms with Crippen LogP contribution in [0.4, 0.5) is 10.1 Å². The first-order chi connectivity index (χ1) is 30.6. The van der Waals surface area contributed by atoms with Gasteiger partial charge in [0, 0.05) is 47.6 Å². The molecule has 4 heterocycles. The van der Waals surface area contributed by atoms with E-state index in [1.54, 1.807) is 55.6 Å². The Balaban J connectivity index is 1.20. The summed E-state index contributed by atoms with van der Waals surface area (Å²) in [5.41, 5.74) is 2.04. The Kier molecular flexibility index (Phi) is 10.8. The van der Waals surface area contributed by atoms with Gasteiger partial charge >= 0.3 is 11.4 Å². The molecule has 64 heavy (non-hydrogen) atoms. The lowest BCUT2D eigenvalue weighted by atomic mass is 9.53. The average Bonchev–Trinajstić information content (AvgIpc) is 3.66. The molecule has 1 saturated carbocycles. The van der Waals surface area contributed by atoms with E-state index in [4.69, 9.17) is 25.8 Å². The van der Waals surface area contributed by atoms with Crippen LogP contribution >= 0.6 is 43.5 Å². The Hall–Kier alpha value is -6.18. The number of aryl methyl sites for hydroxylation is 2. The fourth-order valence-electron chi connectivity index (χ4n) is 9.57. The smallest absolute Gasteiger partial charge is 0.347 e. The number of nitrogens with one attached hydrogen (secondary N) is 1. The Labute approximate surface area is 384 Å². The largest absolute Gasteiger partial charge is 0.503 e. The number of aromatic hydroxyl groups is 1. The molecule has 4 aromatic carbocycles. The molecule has 2 aliphatic heterocycles. The van der Waals surface area contributed by atoms with Gasteiger partial charge in [0.25, 0.3) is 17.4 Å². The second-order valence-corrected chi connectivity index (χ2v) is 17.6. The quantitative estimate of drug-likeness (QED) is 0.122. The number of benzene rings is 4. The highest BCUT2D eigenvalue weighted by Crippen LogP contribution is 2.63. The lowest BCUT2D eigenvalue weighted by Gasteiger charge is -2.49. The Morgan fingerprint density at radius 2 is 1.58 bits per heavy atom. The van der Waals surface area contributed by atoms with Crippen molar-refractivity contribution in [2.24, 2.45) is 13.0 Å². The fraction of sp³-hybridized carbons (Fsp3) is 0.273. The molecule has 20 heteroatoms. The topological polar surface area (TPSA) is 181 Å². The molecule has 2 aromatic heterocycles. The number of methoxy groups -OCH3 is 3. The standard InChI is InChI=1S/C44H37Br2ClFN7O9/c1-51-31-20-33(63-3)32(62-2)19-29(31)49-28(40(51)58)14-15-52-42(60)53-16-13-25-30(55(53)43(52)61)18-27-39(57)54(50-24-11-9-23(48)10-12-24)41(59)44(27,21-5-7-22(47)8-6-21)35(25)26-17-34(64-4)38(56)37(46)36(26)45/h5-13,17,19-20,27,30,35,50,56H,14-16,18H2,1-4H3/t27-,30+,35+,44+/m0/s1. The average molecular weight is 1020 g/mol. The van der Waals surface area contributed by atoms with Crippen molar-refractivity contribution < 1.29 is 33.3 Å². The summed E-state index contributed by atoms with van der Waals surface area (Å²) in [6.07, 6.45) is 1.58. The molecule has 2 fully saturated rings. The molecule has 16 nitrogen and oxygen atoms in total. The number of halogens is 4. The second-order valence-electron chi connectivity index (χ2n) is 15.6. The summed E-state index contributed by atoms with van der Waals surface area (Å²) in [5.74, 6) is -3.44. The van der Waals surface area contributed by atoms with E-state index >= 15 is 9.59 Å². The molecule has 330 valence electrons. The molecule has 0 unspecified atom stereocenters. The number of carbonyl (C=O) groups excluding carboxylic acids is 2. The van der Waals surface area contributed by atoms with E-state index in [2.05, 4.69) is 42.3 Å². The van der Waals surface area contributed by atoms with Crippen LogP contribution in [0, 0.1) is 11.7 Å². The molecule has 9 rings (SSSR count). The van der Waals surface area contributed by atoms with Gasteiger partial charge in [-0.1, -0.05) is 29.8 Å². The predicted molar refractivity (Wildman–Crippen MR) is 240 cm³/mol. The summed E-state index contributed by atoms with van der Waals surface area (Å²) < 4.78 is 36.1. The molecule has 0 spiro atoms. The van der Waals surface area contributed by atoms with Crippen LogP contribution in [0.15, 0.2) is 102 Å². The molecular formula is C44H37Br2ClFN7O9. The van der Waals surface area contributed by atoms with Crippen LogP contribution in [-0.4, -0.2) is 66.7 Å². The number of anilines is 1. The number of hydrazine groups is 1. The molecular weight excluding hydrogens is 985 g/mol. The first kappa shape index (κ1) is 43.1. The van der Waals surface area contributed by atoms with Crippen LogP contribution in [0.2, 0.25) is 5.02 Å². The van der Waals surface area contributed by atoms with Crippen LogP contribution in [0.25, 0.3) is 11.0 Å². The van der Waals surface area contributed by atoms with E-state index in [-0.39, 0.29) is 53.3 Å². The van der Waals surface area contributed by atoms with Gasteiger partial charge in [-0.15, -0.1) is 0 Å². The Morgan fingerprint density at radius 3 is 2.25 bits per heavy atom. The van der Waals surface area contributed by atoms with Crippen LogP contribution in [0.5, 0.6) is 23.0 Å². The van der Waals surface area contributed by atoms with Crippen molar-refractivity contribution in [3.05, 3.63) is 146 Å². The number of imide groups is 1. The normalized spacial score (nSPS) is 20.2. The van der Waals surface area contributed by atoms with E-state index in [0.29, 0.717) is 48.7 Å². The number of fused-ring (bicyclic) bond motifs is 5. The molecule has 0 bridgehead atoms. The molecule has 0 radical (unpaired) electrons. The number of hydrogen-bond acceptors (Lipinski definition) is 11. The third kappa shape index (κ3) is 6.41. The minimum absolute atomic E-state index is 0.0516. The van der Waals surface area contributed by atoms with Gasteiger partial charge in [-0.3, -0.25) is 19.8 Å². The number of phenols is 1. The maximum atomic E-state index is 15.5. The minimum atomic E-state index is -1.73. The van der Waals surface area contributed by atoms with Crippen molar-refractivity contribution in [1.29, 1.82) is 0 Å². The van der Waals surface area contributed by atoms with E-state index in [1.807, 2.05) is 0 Å². The summed E-state index contributed by atoms with van der Waals surface area (Å²) in [6, 6.07) is 15.6. The van der Waals surface area contributed by atoms with Gasteiger partial charge in [-0.25, -0.2) is 32.9 Å². The summed E-state index contributed by atoms with van der Waals surface area (Å²) in [5, 5.41) is 12.4. The molecule has 1 aliphatic carbocycles. The first-order valence-corrected chi connectivity index (χ1v) is 21.8. The zero-order chi connectivity index (χ0) is 45.5. The highest BCUT2D eigenvalue weighted by atomic mass is 79.9. The van der Waals surface area contributed by atoms with Gasteiger partial charge in [-0.05, 0) is 97.4 Å². The predicted octanol–water partition coefficient (Wildman–Crippen LogP) is 5.97. The van der Waals surface area contributed by atoms with Crippen molar-refractivity contribution in [1.82, 2.24) is 28.5 Å². The first-order valence-electron chi connectivity index (χ1n) is 19.8. The Morgan fingerprint density at radius 1 is 0.906 bits per heavy atom. The lowest BCUT2D eigenvalue weighted by Crippen LogP contribution is -2.53. The molecule has 2 amide bonds. The van der Waals surface area contributed by atoms with Crippen LogP contribution < -0.4 is 36.6 Å². The lowest BCUT2D eigenvalue weighted by molar-refractivity contribution is -0.138. The second kappa shape index (κ2) is 16.1. The Bertz CT molecular complexity index is 3170. The molecule has 3 aliphatic rings. The van der Waals surface area contributed by atoms with Crippen molar-refractivity contribution >= 4 is 72.0 Å². The van der Waals surface area contributed by atoms with Crippen molar-refractivity contribution in [2.45, 2.75) is 43.3 Å².